The van der Waals surface area contributed by atoms with E-state index in [1.54, 1.807) is 0 Å². The van der Waals surface area contributed by atoms with Crippen LogP contribution in [-0.4, -0.2) is 16.3 Å². The van der Waals surface area contributed by atoms with Crippen LogP contribution in [0, 0.1) is 0 Å². The standard InChI is InChI=1S/C19H16N4O/c1-22-12-13(15-9-5-6-10-17(15)22)11-16-18(20)21-23(19(16)24)14-7-3-2-4-8-14/h2-12H,1H3,(H2,20,21)/b16-11-. The van der Waals surface area contributed by atoms with E-state index in [9.17, 15) is 4.79 Å². The molecule has 2 heterocycles. The minimum atomic E-state index is -0.216. The first-order chi connectivity index (χ1) is 11.6. The second-order valence-electron chi connectivity index (χ2n) is 5.71. The zero-order valence-electron chi connectivity index (χ0n) is 13.2. The summed E-state index contributed by atoms with van der Waals surface area (Å²) in [5.74, 6) is 0.0171. The molecule has 1 aliphatic heterocycles. The lowest BCUT2D eigenvalue weighted by Crippen LogP contribution is -2.22. The second kappa shape index (κ2) is 5.38. The number of hydrazone groups is 1. The van der Waals surface area contributed by atoms with Gasteiger partial charge in [-0.2, -0.15) is 5.01 Å². The van der Waals surface area contributed by atoms with E-state index in [0.717, 1.165) is 16.5 Å². The maximum atomic E-state index is 12.7. The summed E-state index contributed by atoms with van der Waals surface area (Å²) in [6.45, 7) is 0. The van der Waals surface area contributed by atoms with Crippen molar-refractivity contribution in [1.29, 1.82) is 0 Å². The Hall–Kier alpha value is -3.34. The first-order valence-corrected chi connectivity index (χ1v) is 7.65. The number of hydrogen-bond acceptors (Lipinski definition) is 3. The monoisotopic (exact) mass is 316 g/mol. The Labute approximate surface area is 139 Å². The van der Waals surface area contributed by atoms with Crippen LogP contribution in [0.1, 0.15) is 5.56 Å². The van der Waals surface area contributed by atoms with Gasteiger partial charge in [-0.3, -0.25) is 4.79 Å². The summed E-state index contributed by atoms with van der Waals surface area (Å²) in [6, 6.07) is 17.3. The Morgan fingerprint density at radius 1 is 1.04 bits per heavy atom. The smallest absolute Gasteiger partial charge is 0.282 e. The summed E-state index contributed by atoms with van der Waals surface area (Å²) in [6.07, 6.45) is 3.80. The summed E-state index contributed by atoms with van der Waals surface area (Å²) in [5.41, 5.74) is 9.17. The summed E-state index contributed by atoms with van der Waals surface area (Å²) < 4.78 is 2.03. The van der Waals surface area contributed by atoms with Crippen molar-refractivity contribution < 1.29 is 4.79 Å². The number of amidine groups is 1. The topological polar surface area (TPSA) is 63.6 Å². The number of carbonyl (C=O) groups is 1. The van der Waals surface area contributed by atoms with Crippen LogP contribution in [0.2, 0.25) is 0 Å². The van der Waals surface area contributed by atoms with Crippen LogP contribution in [0.25, 0.3) is 17.0 Å². The predicted octanol–water partition coefficient (Wildman–Crippen LogP) is 2.88. The van der Waals surface area contributed by atoms with Crippen LogP contribution >= 0.6 is 0 Å². The number of amides is 1. The molecule has 0 atom stereocenters. The van der Waals surface area contributed by atoms with Crippen molar-refractivity contribution in [3.05, 3.63) is 71.9 Å². The number of fused-ring (bicyclic) bond motifs is 1. The molecule has 1 aromatic heterocycles. The fourth-order valence-electron chi connectivity index (χ4n) is 2.95. The number of benzene rings is 2. The minimum absolute atomic E-state index is 0.216. The van der Waals surface area contributed by atoms with Crippen molar-refractivity contribution in [3.63, 3.8) is 0 Å². The van der Waals surface area contributed by atoms with E-state index in [0.29, 0.717) is 11.3 Å². The molecule has 0 saturated carbocycles. The molecule has 2 aromatic carbocycles. The van der Waals surface area contributed by atoms with Gasteiger partial charge in [-0.05, 0) is 24.3 Å². The van der Waals surface area contributed by atoms with Crippen molar-refractivity contribution in [2.75, 3.05) is 5.01 Å². The van der Waals surface area contributed by atoms with Gasteiger partial charge in [-0.15, -0.1) is 5.10 Å². The van der Waals surface area contributed by atoms with Crippen molar-refractivity contribution in [2.45, 2.75) is 0 Å². The molecule has 0 spiro atoms. The van der Waals surface area contributed by atoms with Crippen molar-refractivity contribution in [1.82, 2.24) is 4.57 Å². The third-order valence-electron chi connectivity index (χ3n) is 4.13. The third kappa shape index (κ3) is 2.18. The Balaban J connectivity index is 1.78. The molecule has 3 aromatic rings. The van der Waals surface area contributed by atoms with Crippen molar-refractivity contribution in [2.24, 2.45) is 17.9 Å². The Morgan fingerprint density at radius 2 is 1.75 bits per heavy atom. The van der Waals surface area contributed by atoms with E-state index in [1.807, 2.05) is 78.5 Å². The van der Waals surface area contributed by atoms with Crippen molar-refractivity contribution in [3.8, 4) is 0 Å². The number of nitrogens with zero attached hydrogens (tertiary/aromatic N) is 3. The highest BCUT2D eigenvalue weighted by Crippen LogP contribution is 2.26. The zero-order valence-corrected chi connectivity index (χ0v) is 13.2. The van der Waals surface area contributed by atoms with Gasteiger partial charge >= 0.3 is 0 Å². The molecular weight excluding hydrogens is 300 g/mol. The number of anilines is 1. The zero-order chi connectivity index (χ0) is 16.7. The van der Waals surface area contributed by atoms with Crippen LogP contribution in [0.15, 0.2) is 71.5 Å². The molecule has 1 amide bonds. The molecule has 5 heteroatoms. The molecule has 4 rings (SSSR count). The summed E-state index contributed by atoms with van der Waals surface area (Å²) >= 11 is 0. The van der Waals surface area contributed by atoms with Gasteiger partial charge < -0.3 is 10.3 Å². The fourth-order valence-corrected chi connectivity index (χ4v) is 2.95. The highest BCUT2D eigenvalue weighted by atomic mass is 16.2. The quantitative estimate of drug-likeness (QED) is 0.739. The molecular formula is C19H16N4O. The molecule has 0 radical (unpaired) electrons. The number of aromatic nitrogens is 1. The Morgan fingerprint density at radius 3 is 2.54 bits per heavy atom. The summed E-state index contributed by atoms with van der Waals surface area (Å²) in [5, 5.41) is 6.62. The Bertz CT molecular complexity index is 999. The fraction of sp³-hybridized carbons (Fsp3) is 0.0526. The van der Waals surface area contributed by atoms with E-state index in [4.69, 9.17) is 5.73 Å². The van der Waals surface area contributed by atoms with Gasteiger partial charge in [0.15, 0.2) is 5.84 Å². The van der Waals surface area contributed by atoms with Crippen LogP contribution in [0.3, 0.4) is 0 Å². The molecule has 0 unspecified atom stereocenters. The van der Waals surface area contributed by atoms with Gasteiger partial charge in [0.2, 0.25) is 0 Å². The van der Waals surface area contributed by atoms with Gasteiger partial charge in [0.1, 0.15) is 0 Å². The lowest BCUT2D eigenvalue weighted by Gasteiger charge is -2.10. The molecule has 24 heavy (non-hydrogen) atoms. The molecule has 1 aliphatic rings. The van der Waals surface area contributed by atoms with Gasteiger partial charge in [0.05, 0.1) is 11.3 Å². The van der Waals surface area contributed by atoms with E-state index in [1.165, 1.54) is 5.01 Å². The lowest BCUT2D eigenvalue weighted by molar-refractivity contribution is -0.114. The highest BCUT2D eigenvalue weighted by Gasteiger charge is 2.29. The van der Waals surface area contributed by atoms with E-state index in [2.05, 4.69) is 5.10 Å². The number of rotatable bonds is 2. The molecule has 5 nitrogen and oxygen atoms in total. The lowest BCUT2D eigenvalue weighted by atomic mass is 10.1. The van der Waals surface area contributed by atoms with Gasteiger partial charge in [-0.1, -0.05) is 36.4 Å². The molecule has 0 saturated heterocycles. The number of para-hydroxylation sites is 2. The van der Waals surface area contributed by atoms with Crippen LogP contribution in [-0.2, 0) is 11.8 Å². The normalized spacial score (nSPS) is 16.2. The largest absolute Gasteiger partial charge is 0.382 e. The number of nitrogens with two attached hydrogens (primary N) is 1. The average Bonchev–Trinajstić information content (AvgIpc) is 3.08. The summed E-state index contributed by atoms with van der Waals surface area (Å²) in [4.78, 5) is 12.7. The molecule has 0 bridgehead atoms. The maximum Gasteiger partial charge on any atom is 0.282 e. The van der Waals surface area contributed by atoms with Gasteiger partial charge in [0, 0.05) is 29.7 Å². The van der Waals surface area contributed by atoms with Crippen LogP contribution in [0.5, 0.6) is 0 Å². The van der Waals surface area contributed by atoms with Crippen LogP contribution in [0.4, 0.5) is 5.69 Å². The Kier molecular flexibility index (Phi) is 3.20. The number of carbonyl (C=O) groups excluding carboxylic acids is 1. The first-order valence-electron chi connectivity index (χ1n) is 7.65. The van der Waals surface area contributed by atoms with Gasteiger partial charge in [-0.25, -0.2) is 0 Å². The molecule has 118 valence electrons. The number of aryl methyl sites for hydroxylation is 1. The molecule has 0 aliphatic carbocycles. The summed E-state index contributed by atoms with van der Waals surface area (Å²) in [7, 11) is 1.98. The number of hydrogen-bond donors (Lipinski definition) is 1. The van der Waals surface area contributed by atoms with Gasteiger partial charge in [0.25, 0.3) is 5.91 Å². The highest BCUT2D eigenvalue weighted by molar-refractivity contribution is 6.32. The second-order valence-corrected chi connectivity index (χ2v) is 5.71. The van der Waals surface area contributed by atoms with E-state index in [-0.39, 0.29) is 11.7 Å². The SMILES string of the molecule is Cn1cc(/C=C2\C(=O)N(c3ccccc3)N=C2N)c2ccccc21. The third-order valence-corrected chi connectivity index (χ3v) is 4.13. The van der Waals surface area contributed by atoms with E-state index >= 15 is 0 Å². The molecule has 0 fully saturated rings. The molecule has 2 N–H and O–H groups in total. The predicted molar refractivity (Wildman–Crippen MR) is 96.4 cm³/mol. The van der Waals surface area contributed by atoms with E-state index < -0.39 is 0 Å². The first kappa shape index (κ1) is 14.3. The minimum Gasteiger partial charge on any atom is -0.382 e. The average molecular weight is 316 g/mol. The van der Waals surface area contributed by atoms with Crippen molar-refractivity contribution >= 4 is 34.4 Å². The van der Waals surface area contributed by atoms with Crippen LogP contribution < -0.4 is 10.7 Å². The maximum absolute atomic E-state index is 12.7.